The van der Waals surface area contributed by atoms with Crippen LogP contribution in [0.5, 0.6) is 0 Å². The first kappa shape index (κ1) is 16.1. The summed E-state index contributed by atoms with van der Waals surface area (Å²) in [5.41, 5.74) is 4.44. The van der Waals surface area contributed by atoms with Gasteiger partial charge in [-0.05, 0) is 6.92 Å². The van der Waals surface area contributed by atoms with E-state index in [4.69, 9.17) is 11.6 Å². The molecule has 0 aliphatic heterocycles. The highest BCUT2D eigenvalue weighted by molar-refractivity contribution is 6.17. The zero-order valence-electron chi connectivity index (χ0n) is 11.7. The number of hydrogen-bond donors (Lipinski definition) is 1. The molecule has 0 bridgehead atoms. The highest BCUT2D eigenvalue weighted by atomic mass is 35.5. The van der Waals surface area contributed by atoms with Gasteiger partial charge in [-0.2, -0.15) is 0 Å². The number of hydrogen-bond acceptors (Lipinski definition) is 1. The third-order valence-electron chi connectivity index (χ3n) is 2.98. The number of rotatable bonds is 2. The summed E-state index contributed by atoms with van der Waals surface area (Å²) in [6.07, 6.45) is 0. The molecule has 2 aromatic rings. The van der Waals surface area contributed by atoms with Gasteiger partial charge in [0.15, 0.2) is 0 Å². The zero-order chi connectivity index (χ0) is 13.3. The highest BCUT2D eigenvalue weighted by Gasteiger charge is 2.22. The Balaban J connectivity index is 0.00000180. The molecule has 1 aromatic carbocycles. The van der Waals surface area contributed by atoms with Gasteiger partial charge in [0, 0.05) is 16.7 Å². The molecule has 19 heavy (non-hydrogen) atoms. The monoisotopic (exact) mass is 298 g/mol. The number of nitrogens with one attached hydrogen (secondary N) is 1. The Morgan fingerprint density at radius 3 is 2.16 bits per heavy atom. The fraction of sp³-hybridized carbons (Fsp3) is 0.400. The Kier molecular flexibility index (Phi) is 5.05. The van der Waals surface area contributed by atoms with E-state index in [2.05, 4.69) is 61.9 Å². The Hall–Kier alpha value is -0.990. The van der Waals surface area contributed by atoms with Crippen molar-refractivity contribution in [3.63, 3.8) is 0 Å². The van der Waals surface area contributed by atoms with Gasteiger partial charge >= 0.3 is 0 Å². The Bertz CT molecular complexity index is 536. The lowest BCUT2D eigenvalue weighted by molar-refractivity contribution is 0.567. The van der Waals surface area contributed by atoms with E-state index in [1.807, 2.05) is 0 Å². The van der Waals surface area contributed by atoms with Crippen molar-refractivity contribution in [1.82, 2.24) is 9.97 Å². The molecule has 2 rings (SSSR count). The molecule has 1 N–H and O–H groups in total. The quantitative estimate of drug-likeness (QED) is 0.789. The van der Waals surface area contributed by atoms with Crippen molar-refractivity contribution >= 4 is 24.0 Å². The van der Waals surface area contributed by atoms with E-state index in [0.29, 0.717) is 5.88 Å². The molecule has 0 unspecified atom stereocenters. The second-order valence-corrected chi connectivity index (χ2v) is 5.92. The number of aryl methyl sites for hydroxylation is 1. The number of alkyl halides is 1. The molecule has 1 heterocycles. The smallest absolute Gasteiger partial charge is 0.137 e. The number of H-pyrrole nitrogens is 1. The molecule has 104 valence electrons. The molecule has 0 radical (unpaired) electrons. The van der Waals surface area contributed by atoms with Crippen molar-refractivity contribution in [2.24, 2.45) is 0 Å². The van der Waals surface area contributed by atoms with E-state index in [-0.39, 0.29) is 17.8 Å². The molecule has 0 atom stereocenters. The molecular formula is C15H20Cl2N2. The molecule has 4 heteroatoms. The van der Waals surface area contributed by atoms with E-state index < -0.39 is 0 Å². The number of imidazole rings is 1. The fourth-order valence-corrected chi connectivity index (χ4v) is 2.17. The SMILES string of the molecule is Cc1ccc(-c2nc(CCl)c(C(C)(C)C)[nH]2)cc1.Cl. The third kappa shape index (κ3) is 3.52. The van der Waals surface area contributed by atoms with Crippen LogP contribution in [0.25, 0.3) is 11.4 Å². The van der Waals surface area contributed by atoms with Gasteiger partial charge in [0.1, 0.15) is 5.82 Å². The molecule has 0 fully saturated rings. The second-order valence-electron chi connectivity index (χ2n) is 5.66. The first-order valence-electron chi connectivity index (χ1n) is 6.14. The van der Waals surface area contributed by atoms with E-state index in [1.165, 1.54) is 5.56 Å². The normalized spacial score (nSPS) is 11.2. The Labute approximate surface area is 126 Å². The maximum absolute atomic E-state index is 5.98. The summed E-state index contributed by atoms with van der Waals surface area (Å²) in [6.45, 7) is 8.57. The molecule has 0 amide bonds. The van der Waals surface area contributed by atoms with Crippen LogP contribution in [0.4, 0.5) is 0 Å². The molecule has 0 saturated heterocycles. The topological polar surface area (TPSA) is 28.7 Å². The predicted octanol–water partition coefficient (Wildman–Crippen LogP) is 4.84. The van der Waals surface area contributed by atoms with Crippen molar-refractivity contribution in [2.75, 3.05) is 0 Å². The van der Waals surface area contributed by atoms with Gasteiger partial charge in [0.2, 0.25) is 0 Å². The van der Waals surface area contributed by atoms with Crippen molar-refractivity contribution in [1.29, 1.82) is 0 Å². The minimum atomic E-state index is 0. The standard InChI is InChI=1S/C15H19ClN2.ClH/c1-10-5-7-11(8-6-10)14-17-12(9-16)13(18-14)15(2,3)4;/h5-8H,9H2,1-4H3,(H,17,18);1H. The van der Waals surface area contributed by atoms with Crippen LogP contribution < -0.4 is 0 Å². The Morgan fingerprint density at radius 1 is 1.16 bits per heavy atom. The average molecular weight is 299 g/mol. The van der Waals surface area contributed by atoms with Crippen LogP contribution in [0.3, 0.4) is 0 Å². The predicted molar refractivity (Wildman–Crippen MR) is 84.3 cm³/mol. The van der Waals surface area contributed by atoms with Gasteiger partial charge in [-0.3, -0.25) is 0 Å². The summed E-state index contributed by atoms with van der Waals surface area (Å²) < 4.78 is 0. The van der Waals surface area contributed by atoms with Crippen LogP contribution in [0.15, 0.2) is 24.3 Å². The van der Waals surface area contributed by atoms with Gasteiger partial charge < -0.3 is 4.98 Å². The fourth-order valence-electron chi connectivity index (χ4n) is 1.97. The van der Waals surface area contributed by atoms with Crippen LogP contribution in [-0.2, 0) is 11.3 Å². The first-order chi connectivity index (χ1) is 8.41. The van der Waals surface area contributed by atoms with E-state index in [9.17, 15) is 0 Å². The van der Waals surface area contributed by atoms with Gasteiger partial charge in [0.25, 0.3) is 0 Å². The van der Waals surface area contributed by atoms with Crippen LogP contribution in [0, 0.1) is 6.92 Å². The van der Waals surface area contributed by atoms with Crippen LogP contribution in [-0.4, -0.2) is 9.97 Å². The summed E-state index contributed by atoms with van der Waals surface area (Å²) in [6, 6.07) is 8.35. The highest BCUT2D eigenvalue weighted by Crippen LogP contribution is 2.28. The number of nitrogens with zero attached hydrogens (tertiary/aromatic N) is 1. The number of benzene rings is 1. The number of aromatic amines is 1. The minimum absolute atomic E-state index is 0. The van der Waals surface area contributed by atoms with Crippen molar-refractivity contribution in [3.05, 3.63) is 41.2 Å². The maximum atomic E-state index is 5.98. The summed E-state index contributed by atoms with van der Waals surface area (Å²) >= 11 is 5.98. The summed E-state index contributed by atoms with van der Waals surface area (Å²) in [5.74, 6) is 1.34. The molecule has 0 aliphatic rings. The minimum Gasteiger partial charge on any atom is -0.341 e. The molecular weight excluding hydrogens is 279 g/mol. The molecule has 0 aliphatic carbocycles. The van der Waals surface area contributed by atoms with E-state index in [1.54, 1.807) is 0 Å². The summed E-state index contributed by atoms with van der Waals surface area (Å²) in [4.78, 5) is 8.02. The lowest BCUT2D eigenvalue weighted by Gasteiger charge is -2.17. The summed E-state index contributed by atoms with van der Waals surface area (Å²) in [5, 5.41) is 0. The summed E-state index contributed by atoms with van der Waals surface area (Å²) in [7, 11) is 0. The van der Waals surface area contributed by atoms with Crippen molar-refractivity contribution < 1.29 is 0 Å². The van der Waals surface area contributed by atoms with Gasteiger partial charge in [0.05, 0.1) is 11.6 Å². The van der Waals surface area contributed by atoms with Crippen molar-refractivity contribution in [3.8, 4) is 11.4 Å². The van der Waals surface area contributed by atoms with E-state index >= 15 is 0 Å². The largest absolute Gasteiger partial charge is 0.341 e. The van der Waals surface area contributed by atoms with E-state index in [0.717, 1.165) is 22.8 Å². The Morgan fingerprint density at radius 2 is 1.74 bits per heavy atom. The maximum Gasteiger partial charge on any atom is 0.137 e. The van der Waals surface area contributed by atoms with Crippen LogP contribution >= 0.6 is 24.0 Å². The van der Waals surface area contributed by atoms with Gasteiger partial charge in [-0.25, -0.2) is 4.98 Å². The molecule has 1 aromatic heterocycles. The number of aromatic nitrogens is 2. The molecule has 0 saturated carbocycles. The molecule has 0 spiro atoms. The second kappa shape index (κ2) is 5.98. The third-order valence-corrected chi connectivity index (χ3v) is 3.23. The molecule has 2 nitrogen and oxygen atoms in total. The lowest BCUT2D eigenvalue weighted by atomic mass is 9.91. The zero-order valence-corrected chi connectivity index (χ0v) is 13.3. The van der Waals surface area contributed by atoms with Gasteiger partial charge in [-0.1, -0.05) is 50.6 Å². The van der Waals surface area contributed by atoms with Gasteiger partial charge in [-0.15, -0.1) is 24.0 Å². The van der Waals surface area contributed by atoms with Crippen molar-refractivity contribution in [2.45, 2.75) is 39.0 Å². The van der Waals surface area contributed by atoms with Crippen LogP contribution in [0.2, 0.25) is 0 Å². The van der Waals surface area contributed by atoms with Crippen LogP contribution in [0.1, 0.15) is 37.7 Å². The average Bonchev–Trinajstić information content (AvgIpc) is 2.73. The first-order valence-corrected chi connectivity index (χ1v) is 6.67. The lowest BCUT2D eigenvalue weighted by Crippen LogP contribution is -2.13. The number of halogens is 2.